The minimum absolute atomic E-state index is 0.0169. The van der Waals surface area contributed by atoms with Gasteiger partial charge in [-0.3, -0.25) is 20.2 Å². The lowest BCUT2D eigenvalue weighted by Crippen LogP contribution is -2.14. The molecule has 0 aliphatic heterocycles. The third kappa shape index (κ3) is 3.74. The van der Waals surface area contributed by atoms with Crippen LogP contribution in [0.1, 0.15) is 15.9 Å². The zero-order valence-electron chi connectivity index (χ0n) is 12.3. The number of carbonyl (C=O) groups is 1. The normalized spacial score (nSPS) is 11.1. The van der Waals surface area contributed by atoms with Crippen molar-refractivity contribution in [2.45, 2.75) is 6.18 Å². The highest BCUT2D eigenvalue weighted by molar-refractivity contribution is 5.92. The predicted molar refractivity (Wildman–Crippen MR) is 76.1 cm³/mol. The van der Waals surface area contributed by atoms with E-state index in [4.69, 9.17) is 0 Å². The molecule has 0 radical (unpaired) electrons. The Labute approximate surface area is 140 Å². The SMILES string of the molecule is O=C(Oc1c([N+](=O)[O-])cc(C(F)(F)F)cc1[N+](=O)[O-])c1ccccc1F. The van der Waals surface area contributed by atoms with Crippen LogP contribution in [0.15, 0.2) is 36.4 Å². The Morgan fingerprint density at radius 1 is 1.00 bits per heavy atom. The largest absolute Gasteiger partial charge is 0.416 e. The molecule has 0 spiro atoms. The topological polar surface area (TPSA) is 113 Å². The number of benzene rings is 2. The highest BCUT2D eigenvalue weighted by Gasteiger charge is 2.39. The van der Waals surface area contributed by atoms with E-state index in [1.165, 1.54) is 12.1 Å². The molecule has 0 saturated heterocycles. The van der Waals surface area contributed by atoms with Crippen LogP contribution in [0.5, 0.6) is 5.75 Å². The zero-order chi connectivity index (χ0) is 19.6. The second kappa shape index (κ2) is 6.74. The standard InChI is InChI=1S/C14H6F4N2O6/c15-9-4-2-1-3-8(9)13(21)26-12-10(19(22)23)5-7(14(16,17)18)6-11(12)20(24)25/h1-6H. The number of halogens is 4. The van der Waals surface area contributed by atoms with Crippen molar-refractivity contribution in [3.05, 3.63) is 73.6 Å². The van der Waals surface area contributed by atoms with Crippen LogP contribution in [0.3, 0.4) is 0 Å². The van der Waals surface area contributed by atoms with Crippen molar-refractivity contribution in [1.29, 1.82) is 0 Å². The van der Waals surface area contributed by atoms with Crippen LogP contribution in [-0.4, -0.2) is 15.8 Å². The van der Waals surface area contributed by atoms with E-state index < -0.39 is 56.1 Å². The molecule has 0 atom stereocenters. The fourth-order valence-electron chi connectivity index (χ4n) is 1.91. The number of nitro benzene ring substituents is 2. The average molecular weight is 374 g/mol. The van der Waals surface area contributed by atoms with Gasteiger partial charge in [-0.2, -0.15) is 13.2 Å². The summed E-state index contributed by atoms with van der Waals surface area (Å²) in [6, 6.07) is 4.18. The highest BCUT2D eigenvalue weighted by Crippen LogP contribution is 2.43. The Morgan fingerprint density at radius 2 is 1.50 bits per heavy atom. The Morgan fingerprint density at radius 3 is 1.92 bits per heavy atom. The van der Waals surface area contributed by atoms with E-state index in [1.54, 1.807) is 0 Å². The summed E-state index contributed by atoms with van der Waals surface area (Å²) in [7, 11) is 0. The van der Waals surface area contributed by atoms with Crippen LogP contribution < -0.4 is 4.74 Å². The summed E-state index contributed by atoms with van der Waals surface area (Å²) < 4.78 is 56.4. The molecule has 26 heavy (non-hydrogen) atoms. The second-order valence-electron chi connectivity index (χ2n) is 4.72. The molecule has 0 aliphatic rings. The summed E-state index contributed by atoms with van der Waals surface area (Å²) in [5.41, 5.74) is -5.31. The predicted octanol–water partition coefficient (Wildman–Crippen LogP) is 3.88. The van der Waals surface area contributed by atoms with Crippen LogP contribution in [-0.2, 0) is 6.18 Å². The Kier molecular flexibility index (Phi) is 4.86. The molecule has 2 rings (SSSR count). The van der Waals surface area contributed by atoms with Crippen LogP contribution >= 0.6 is 0 Å². The van der Waals surface area contributed by atoms with Crippen molar-refractivity contribution in [1.82, 2.24) is 0 Å². The lowest BCUT2D eigenvalue weighted by Gasteiger charge is -2.10. The van der Waals surface area contributed by atoms with Crippen LogP contribution in [0.4, 0.5) is 28.9 Å². The van der Waals surface area contributed by atoms with E-state index in [-0.39, 0.29) is 12.1 Å². The number of rotatable bonds is 4. The molecular weight excluding hydrogens is 368 g/mol. The maximum atomic E-state index is 13.6. The molecule has 0 unspecified atom stereocenters. The summed E-state index contributed by atoms with van der Waals surface area (Å²) in [5, 5.41) is 22.0. The lowest BCUT2D eigenvalue weighted by molar-refractivity contribution is -0.396. The van der Waals surface area contributed by atoms with E-state index in [0.717, 1.165) is 12.1 Å². The third-order valence-electron chi connectivity index (χ3n) is 3.06. The molecule has 12 heteroatoms. The van der Waals surface area contributed by atoms with Crippen molar-refractivity contribution in [2.24, 2.45) is 0 Å². The third-order valence-corrected chi connectivity index (χ3v) is 3.06. The number of esters is 1. The first-order chi connectivity index (χ1) is 12.0. The first-order valence-electron chi connectivity index (χ1n) is 6.53. The van der Waals surface area contributed by atoms with Gasteiger partial charge in [0.05, 0.1) is 21.0 Å². The first kappa shape index (κ1) is 18.8. The summed E-state index contributed by atoms with van der Waals surface area (Å²) in [4.78, 5) is 31.2. The molecule has 0 fully saturated rings. The fourth-order valence-corrected chi connectivity index (χ4v) is 1.91. The van der Waals surface area contributed by atoms with Gasteiger partial charge in [-0.1, -0.05) is 12.1 Å². The number of nitrogens with zero attached hydrogens (tertiary/aromatic N) is 2. The van der Waals surface area contributed by atoms with Gasteiger partial charge in [-0.15, -0.1) is 0 Å². The average Bonchev–Trinajstić information content (AvgIpc) is 2.53. The molecule has 0 amide bonds. The molecule has 2 aromatic rings. The van der Waals surface area contributed by atoms with Gasteiger partial charge < -0.3 is 4.74 Å². The summed E-state index contributed by atoms with van der Waals surface area (Å²) in [5.74, 6) is -3.97. The van der Waals surface area contributed by atoms with Gasteiger partial charge in [0.1, 0.15) is 5.82 Å². The van der Waals surface area contributed by atoms with Crippen LogP contribution in [0, 0.1) is 26.0 Å². The van der Waals surface area contributed by atoms with E-state index >= 15 is 0 Å². The van der Waals surface area contributed by atoms with Crippen LogP contribution in [0.2, 0.25) is 0 Å². The molecule has 2 aromatic carbocycles. The number of ether oxygens (including phenoxy) is 1. The van der Waals surface area contributed by atoms with E-state index in [1.807, 2.05) is 0 Å². The Balaban J connectivity index is 2.63. The van der Waals surface area contributed by atoms with E-state index in [9.17, 15) is 42.6 Å². The van der Waals surface area contributed by atoms with Crippen molar-refractivity contribution in [3.8, 4) is 5.75 Å². The summed E-state index contributed by atoms with van der Waals surface area (Å²) in [6.45, 7) is 0. The number of hydrogen-bond acceptors (Lipinski definition) is 6. The van der Waals surface area contributed by atoms with Gasteiger partial charge in [0.2, 0.25) is 0 Å². The van der Waals surface area contributed by atoms with Crippen molar-refractivity contribution in [2.75, 3.05) is 0 Å². The van der Waals surface area contributed by atoms with Gasteiger partial charge >= 0.3 is 23.5 Å². The van der Waals surface area contributed by atoms with Crippen molar-refractivity contribution < 1.29 is 36.9 Å². The zero-order valence-corrected chi connectivity index (χ0v) is 12.3. The summed E-state index contributed by atoms with van der Waals surface area (Å²) >= 11 is 0. The molecule has 0 N–H and O–H groups in total. The molecule has 0 heterocycles. The fraction of sp³-hybridized carbons (Fsp3) is 0.0714. The number of hydrogen-bond donors (Lipinski definition) is 0. The number of alkyl halides is 3. The molecule has 0 aromatic heterocycles. The molecule has 0 bridgehead atoms. The molecule has 0 aliphatic carbocycles. The molecular formula is C14H6F4N2O6. The molecule has 136 valence electrons. The number of nitro groups is 2. The number of carbonyl (C=O) groups excluding carboxylic acids is 1. The van der Waals surface area contributed by atoms with Crippen molar-refractivity contribution >= 4 is 17.3 Å². The summed E-state index contributed by atoms with van der Waals surface area (Å²) in [6.07, 6.45) is -5.12. The van der Waals surface area contributed by atoms with Crippen molar-refractivity contribution in [3.63, 3.8) is 0 Å². The van der Waals surface area contributed by atoms with Gasteiger partial charge in [0, 0.05) is 12.1 Å². The molecule has 0 saturated carbocycles. The smallest absolute Gasteiger partial charge is 0.408 e. The Bertz CT molecular complexity index is 878. The van der Waals surface area contributed by atoms with E-state index in [0.29, 0.717) is 0 Å². The molecule has 8 nitrogen and oxygen atoms in total. The van der Waals surface area contributed by atoms with Gasteiger partial charge in [-0.25, -0.2) is 9.18 Å². The maximum Gasteiger partial charge on any atom is 0.416 e. The van der Waals surface area contributed by atoms with Gasteiger partial charge in [0.15, 0.2) is 0 Å². The first-order valence-corrected chi connectivity index (χ1v) is 6.53. The van der Waals surface area contributed by atoms with Gasteiger partial charge in [-0.05, 0) is 12.1 Å². The minimum atomic E-state index is -5.12. The van der Waals surface area contributed by atoms with Gasteiger partial charge in [0.25, 0.3) is 5.75 Å². The second-order valence-corrected chi connectivity index (χ2v) is 4.72. The minimum Gasteiger partial charge on any atom is -0.408 e. The quantitative estimate of drug-likeness (QED) is 0.264. The lowest BCUT2D eigenvalue weighted by atomic mass is 10.1. The monoisotopic (exact) mass is 374 g/mol. The van der Waals surface area contributed by atoms with E-state index in [2.05, 4.69) is 4.74 Å². The Hall–Kier alpha value is -3.57. The van der Waals surface area contributed by atoms with Crippen LogP contribution in [0.25, 0.3) is 0 Å². The highest BCUT2D eigenvalue weighted by atomic mass is 19.4. The maximum absolute atomic E-state index is 13.6.